The maximum absolute atomic E-state index is 12.9. The van der Waals surface area contributed by atoms with Gasteiger partial charge >= 0.3 is 18.9 Å². The number of aryl methyl sites for hydroxylation is 2. The molecule has 28 heavy (non-hydrogen) atoms. The Morgan fingerprint density at radius 3 is 2.07 bits per heavy atom. The summed E-state index contributed by atoms with van der Waals surface area (Å²) in [4.78, 5) is 12.9. The van der Waals surface area contributed by atoms with Crippen LogP contribution in [-0.2, 0) is 9.47 Å². The summed E-state index contributed by atoms with van der Waals surface area (Å²) >= 11 is 0. The molecule has 2 aromatic rings. The summed E-state index contributed by atoms with van der Waals surface area (Å²) in [5, 5.41) is 0.809. The van der Waals surface area contributed by atoms with Gasteiger partial charge in [0.25, 0.3) is 0 Å². The van der Waals surface area contributed by atoms with Gasteiger partial charge in [-0.25, -0.2) is 0 Å². The van der Waals surface area contributed by atoms with Crippen LogP contribution < -0.4 is 14.8 Å². The number of carbonyl (C=O) groups excluding carboxylic acids is 1. The number of carbonyl (C=O) groups is 1. The molecule has 0 amide bonds. The molecular formula is C21H28LiO5P. The van der Waals surface area contributed by atoms with Crippen molar-refractivity contribution in [1.82, 2.24) is 0 Å². The Kier molecular flexibility index (Phi) is 10.2. The standard InChI is InChI=1S/C21H27O5P.Li.H/c1-13-8-7-9-14(2)20(13)21(22)27-19-11-10-17(25-15(3)23-5)12-18(19)26-16(4)24-6;;/h7-12,15-16,27H,1-6H3;;. The first-order chi connectivity index (χ1) is 12.8. The molecule has 7 heteroatoms. The predicted octanol–water partition coefficient (Wildman–Crippen LogP) is 3.54. The molecule has 0 aliphatic carbocycles. The molecule has 3 unspecified atom stereocenters. The van der Waals surface area contributed by atoms with E-state index < -0.39 is 6.29 Å². The van der Waals surface area contributed by atoms with Gasteiger partial charge in [-0.1, -0.05) is 18.2 Å². The van der Waals surface area contributed by atoms with Gasteiger partial charge in [-0.05, 0) is 59.5 Å². The SMILES string of the molecule is COC(C)Oc1ccc(PC(=O)c2c(C)cccc2C)c(OC(C)OC)c1.[LiH]. The molecule has 0 aliphatic rings. The third-order valence-electron chi connectivity index (χ3n) is 4.17. The van der Waals surface area contributed by atoms with Crippen LogP contribution in [-0.4, -0.2) is 51.2 Å². The second-order valence-electron chi connectivity index (χ2n) is 6.22. The van der Waals surface area contributed by atoms with Gasteiger partial charge in [-0.15, -0.1) is 0 Å². The van der Waals surface area contributed by atoms with Crippen molar-refractivity contribution in [2.75, 3.05) is 14.2 Å². The average Bonchev–Trinajstić information content (AvgIpc) is 2.63. The van der Waals surface area contributed by atoms with Crippen molar-refractivity contribution < 1.29 is 23.7 Å². The number of ether oxygens (including phenoxy) is 4. The third kappa shape index (κ3) is 6.62. The molecule has 5 nitrogen and oxygen atoms in total. The summed E-state index contributed by atoms with van der Waals surface area (Å²) in [6, 6.07) is 11.3. The van der Waals surface area contributed by atoms with Crippen molar-refractivity contribution in [3.63, 3.8) is 0 Å². The summed E-state index contributed by atoms with van der Waals surface area (Å²) in [6.45, 7) is 7.51. The van der Waals surface area contributed by atoms with Crippen LogP contribution in [0.4, 0.5) is 0 Å². The van der Waals surface area contributed by atoms with E-state index in [0.29, 0.717) is 11.5 Å². The predicted molar refractivity (Wildman–Crippen MR) is 116 cm³/mol. The fourth-order valence-corrected chi connectivity index (χ4v) is 3.79. The van der Waals surface area contributed by atoms with Crippen molar-refractivity contribution in [2.24, 2.45) is 0 Å². The van der Waals surface area contributed by atoms with E-state index in [1.807, 2.05) is 44.2 Å². The van der Waals surface area contributed by atoms with Crippen molar-refractivity contribution in [1.29, 1.82) is 0 Å². The summed E-state index contributed by atoms with van der Waals surface area (Å²) < 4.78 is 21.9. The first-order valence-corrected chi connectivity index (χ1v) is 9.76. The van der Waals surface area contributed by atoms with Gasteiger partial charge in [0.05, 0.1) is 0 Å². The number of rotatable bonds is 9. The molecule has 0 aromatic heterocycles. The van der Waals surface area contributed by atoms with E-state index in [2.05, 4.69) is 0 Å². The molecule has 0 N–H and O–H groups in total. The molecule has 3 atom stereocenters. The molecule has 0 spiro atoms. The molecule has 0 aliphatic heterocycles. The summed E-state index contributed by atoms with van der Waals surface area (Å²) in [5.74, 6) is 1.18. The van der Waals surface area contributed by atoms with Crippen molar-refractivity contribution in [3.05, 3.63) is 53.1 Å². The van der Waals surface area contributed by atoms with Gasteiger partial charge in [0.2, 0.25) is 0 Å². The number of benzene rings is 2. The fourth-order valence-electron chi connectivity index (χ4n) is 2.60. The summed E-state index contributed by atoms with van der Waals surface area (Å²) in [7, 11) is 3.08. The van der Waals surface area contributed by atoms with E-state index in [-0.39, 0.29) is 39.3 Å². The van der Waals surface area contributed by atoms with Crippen LogP contribution in [0.1, 0.15) is 35.3 Å². The van der Waals surface area contributed by atoms with E-state index in [1.165, 1.54) is 0 Å². The van der Waals surface area contributed by atoms with Gasteiger partial charge in [0.1, 0.15) is 11.5 Å². The van der Waals surface area contributed by atoms with Crippen molar-refractivity contribution in [3.8, 4) is 11.5 Å². The first kappa shape index (κ1) is 24.7. The topological polar surface area (TPSA) is 54.0 Å². The Hall–Kier alpha value is -1.34. The molecule has 0 bridgehead atoms. The van der Waals surface area contributed by atoms with E-state index in [4.69, 9.17) is 18.9 Å². The summed E-state index contributed by atoms with van der Waals surface area (Å²) in [6.07, 6.45) is -0.832. The van der Waals surface area contributed by atoms with Crippen LogP contribution in [0.5, 0.6) is 11.5 Å². The molecule has 0 fully saturated rings. The Balaban J connectivity index is 0.00000392. The maximum atomic E-state index is 12.9. The Labute approximate surface area is 181 Å². The molecule has 0 saturated carbocycles. The monoisotopic (exact) mass is 398 g/mol. The van der Waals surface area contributed by atoms with Crippen LogP contribution in [0.15, 0.2) is 36.4 Å². The van der Waals surface area contributed by atoms with Gasteiger partial charge in [0.15, 0.2) is 18.1 Å². The van der Waals surface area contributed by atoms with Gasteiger partial charge in [-0.3, -0.25) is 4.79 Å². The van der Waals surface area contributed by atoms with Gasteiger partial charge in [0, 0.05) is 31.2 Å². The second-order valence-corrected chi connectivity index (χ2v) is 7.46. The number of hydrogen-bond donors (Lipinski definition) is 0. The normalized spacial score (nSPS) is 13.1. The second kappa shape index (κ2) is 11.6. The van der Waals surface area contributed by atoms with Crippen LogP contribution in [0, 0.1) is 13.8 Å². The zero-order chi connectivity index (χ0) is 20.0. The third-order valence-corrected chi connectivity index (χ3v) is 5.33. The Bertz CT molecular complexity index is 776. The molecule has 148 valence electrons. The number of methoxy groups -OCH3 is 2. The first-order valence-electron chi connectivity index (χ1n) is 8.76. The molecule has 0 saturated heterocycles. The Morgan fingerprint density at radius 2 is 1.50 bits per heavy atom. The fraction of sp³-hybridized carbons (Fsp3) is 0.381. The average molecular weight is 398 g/mol. The van der Waals surface area contributed by atoms with Crippen LogP contribution in [0.2, 0.25) is 0 Å². The minimum atomic E-state index is -0.445. The Morgan fingerprint density at radius 1 is 0.929 bits per heavy atom. The zero-order valence-electron chi connectivity index (χ0n) is 16.7. The summed E-state index contributed by atoms with van der Waals surface area (Å²) in [5.41, 5.74) is 2.82. The van der Waals surface area contributed by atoms with Gasteiger partial charge in [-0.2, -0.15) is 0 Å². The van der Waals surface area contributed by atoms with E-state index in [0.717, 1.165) is 22.0 Å². The van der Waals surface area contributed by atoms with E-state index in [1.54, 1.807) is 34.1 Å². The molecular weight excluding hydrogens is 370 g/mol. The minimum absolute atomic E-state index is 0. The van der Waals surface area contributed by atoms with E-state index in [9.17, 15) is 4.79 Å². The molecule has 0 heterocycles. The molecule has 2 rings (SSSR count). The van der Waals surface area contributed by atoms with Crippen LogP contribution >= 0.6 is 8.58 Å². The van der Waals surface area contributed by atoms with Crippen LogP contribution in [0.3, 0.4) is 0 Å². The van der Waals surface area contributed by atoms with Crippen molar-refractivity contribution >= 4 is 38.3 Å². The van der Waals surface area contributed by atoms with Crippen molar-refractivity contribution in [2.45, 2.75) is 40.3 Å². The zero-order valence-corrected chi connectivity index (χ0v) is 17.7. The molecule has 0 radical (unpaired) electrons. The molecule has 2 aromatic carbocycles. The van der Waals surface area contributed by atoms with Crippen LogP contribution in [0.25, 0.3) is 0 Å². The van der Waals surface area contributed by atoms with E-state index >= 15 is 0 Å². The van der Waals surface area contributed by atoms with Gasteiger partial charge < -0.3 is 18.9 Å². The quantitative estimate of drug-likeness (QED) is 0.367. The number of hydrogen-bond acceptors (Lipinski definition) is 5.